The van der Waals surface area contributed by atoms with Crippen LogP contribution in [0.25, 0.3) is 0 Å². The molecule has 0 fully saturated rings. The van der Waals surface area contributed by atoms with Crippen LogP contribution in [0.2, 0.25) is 0 Å². The number of hydrogen-bond acceptors (Lipinski definition) is 7. The third kappa shape index (κ3) is 14.1. The fourth-order valence-electron chi connectivity index (χ4n) is 2.26. The van der Waals surface area contributed by atoms with E-state index in [-0.39, 0.29) is 12.8 Å². The maximum atomic E-state index is 11.8. The molecule has 0 amide bonds. The highest BCUT2D eigenvalue weighted by molar-refractivity contribution is 7.46. The Morgan fingerprint density at radius 3 is 2.33 bits per heavy atom. The molecule has 10 nitrogen and oxygen atoms in total. The minimum Gasteiger partial charge on any atom is -0.478 e. The van der Waals surface area contributed by atoms with Gasteiger partial charge in [0.15, 0.2) is 5.78 Å². The Labute approximate surface area is 174 Å². The lowest BCUT2D eigenvalue weighted by atomic mass is 9.92. The maximum absolute atomic E-state index is 11.8. The second kappa shape index (κ2) is 13.4. The number of aliphatic hydroxyl groups is 3. The highest BCUT2D eigenvalue weighted by atomic mass is 31.2. The molecule has 0 rings (SSSR count). The summed E-state index contributed by atoms with van der Waals surface area (Å²) >= 11 is 0. The summed E-state index contributed by atoms with van der Waals surface area (Å²) in [5.74, 6) is -1.64. The topological polar surface area (TPSA) is 182 Å². The van der Waals surface area contributed by atoms with Crippen LogP contribution in [-0.2, 0) is 18.7 Å². The molecule has 0 aromatic carbocycles. The molecular formula is C19H29O10P. The smallest absolute Gasteiger partial charge is 0.469 e. The zero-order valence-electron chi connectivity index (χ0n) is 16.7. The first-order valence-corrected chi connectivity index (χ1v) is 10.5. The summed E-state index contributed by atoms with van der Waals surface area (Å²) in [6.45, 7) is 2.90. The van der Waals surface area contributed by atoms with Gasteiger partial charge in [0.2, 0.25) is 0 Å². The van der Waals surface area contributed by atoms with Crippen LogP contribution in [0.3, 0.4) is 0 Å². The van der Waals surface area contributed by atoms with E-state index in [2.05, 4.69) is 4.52 Å². The zero-order valence-corrected chi connectivity index (χ0v) is 17.6. The number of phosphoric acid groups is 1. The number of phosphoric ester groups is 1. The maximum Gasteiger partial charge on any atom is 0.469 e. The molecule has 6 N–H and O–H groups in total. The van der Waals surface area contributed by atoms with Gasteiger partial charge in [-0.1, -0.05) is 36.5 Å². The van der Waals surface area contributed by atoms with Crippen LogP contribution in [0.5, 0.6) is 0 Å². The SMILES string of the molecule is CC=CC=CC(=O)CC(O)CC(OP(=O)(O)O)C(C)(O)C=CC(O)CC=CC(=O)O. The van der Waals surface area contributed by atoms with Gasteiger partial charge in [0.25, 0.3) is 0 Å². The predicted molar refractivity (Wildman–Crippen MR) is 108 cm³/mol. The normalized spacial score (nSPS) is 18.2. The van der Waals surface area contributed by atoms with E-state index >= 15 is 0 Å². The number of ketones is 1. The van der Waals surface area contributed by atoms with E-state index in [4.69, 9.17) is 14.9 Å². The summed E-state index contributed by atoms with van der Waals surface area (Å²) in [6.07, 6.45) is 5.02. The second-order valence-corrected chi connectivity index (χ2v) is 7.85. The molecule has 0 bridgehead atoms. The number of hydrogen-bond donors (Lipinski definition) is 6. The van der Waals surface area contributed by atoms with Crippen LogP contribution >= 0.6 is 7.82 Å². The van der Waals surface area contributed by atoms with Crippen molar-refractivity contribution in [2.45, 2.75) is 57.0 Å². The van der Waals surface area contributed by atoms with Crippen molar-refractivity contribution in [3.63, 3.8) is 0 Å². The molecule has 0 saturated heterocycles. The quantitative estimate of drug-likeness (QED) is 0.0970. The van der Waals surface area contributed by atoms with E-state index < -0.39 is 49.9 Å². The number of carbonyl (C=O) groups excluding carboxylic acids is 1. The minimum atomic E-state index is -5.06. The summed E-state index contributed by atoms with van der Waals surface area (Å²) < 4.78 is 15.9. The molecule has 30 heavy (non-hydrogen) atoms. The monoisotopic (exact) mass is 448 g/mol. The van der Waals surface area contributed by atoms with Gasteiger partial charge in [0.1, 0.15) is 11.7 Å². The minimum absolute atomic E-state index is 0.0848. The number of allylic oxidation sites excluding steroid dienone is 4. The van der Waals surface area contributed by atoms with Gasteiger partial charge in [-0.3, -0.25) is 9.32 Å². The van der Waals surface area contributed by atoms with Crippen LogP contribution in [0, 0.1) is 0 Å². The molecule has 4 atom stereocenters. The Kier molecular flexibility index (Phi) is 12.6. The van der Waals surface area contributed by atoms with Gasteiger partial charge in [-0.05, 0) is 26.3 Å². The summed E-state index contributed by atoms with van der Waals surface area (Å²) in [5.41, 5.74) is -2.04. The number of aliphatic hydroxyl groups excluding tert-OH is 2. The first kappa shape index (κ1) is 28.1. The van der Waals surface area contributed by atoms with Crippen LogP contribution in [-0.4, -0.2) is 65.9 Å². The summed E-state index contributed by atoms with van der Waals surface area (Å²) in [7, 11) is -5.06. The zero-order chi connectivity index (χ0) is 23.4. The van der Waals surface area contributed by atoms with Crippen molar-refractivity contribution >= 4 is 19.6 Å². The van der Waals surface area contributed by atoms with Crippen LogP contribution in [0.15, 0.2) is 48.6 Å². The Hall–Kier alpha value is -1.91. The van der Waals surface area contributed by atoms with Gasteiger partial charge < -0.3 is 30.2 Å². The molecule has 0 aliphatic heterocycles. The number of carboxylic acids is 1. The summed E-state index contributed by atoms with van der Waals surface area (Å²) in [6, 6.07) is 0. The number of aliphatic carboxylic acids is 1. The number of carboxylic acid groups (broad SMARTS) is 1. The van der Waals surface area contributed by atoms with Gasteiger partial charge in [0.05, 0.1) is 12.2 Å². The highest BCUT2D eigenvalue weighted by Gasteiger charge is 2.37. The van der Waals surface area contributed by atoms with E-state index in [1.165, 1.54) is 18.2 Å². The molecule has 0 aromatic rings. The van der Waals surface area contributed by atoms with Crippen LogP contribution < -0.4 is 0 Å². The number of rotatable bonds is 14. The fraction of sp³-hybridized carbons (Fsp3) is 0.474. The molecular weight excluding hydrogens is 419 g/mol. The average Bonchev–Trinajstić information content (AvgIpc) is 2.58. The van der Waals surface area contributed by atoms with Gasteiger partial charge in [-0.2, -0.15) is 0 Å². The van der Waals surface area contributed by atoms with Crippen molar-refractivity contribution in [2.24, 2.45) is 0 Å². The van der Waals surface area contributed by atoms with E-state index in [0.717, 1.165) is 25.2 Å². The highest BCUT2D eigenvalue weighted by Crippen LogP contribution is 2.41. The molecule has 0 aliphatic rings. The molecule has 0 saturated carbocycles. The molecule has 0 aromatic heterocycles. The molecule has 0 radical (unpaired) electrons. The summed E-state index contributed by atoms with van der Waals surface area (Å²) in [5, 5.41) is 39.0. The average molecular weight is 448 g/mol. The lowest BCUT2D eigenvalue weighted by molar-refractivity contribution is -0.131. The van der Waals surface area contributed by atoms with Gasteiger partial charge in [-0.15, -0.1) is 0 Å². The van der Waals surface area contributed by atoms with Crippen molar-refractivity contribution < 1.29 is 48.9 Å². The van der Waals surface area contributed by atoms with Crippen molar-refractivity contribution in [3.05, 3.63) is 48.6 Å². The third-order valence-corrected chi connectivity index (χ3v) is 4.25. The second-order valence-electron chi connectivity index (χ2n) is 6.66. The molecule has 0 spiro atoms. The van der Waals surface area contributed by atoms with E-state index in [1.807, 2.05) is 0 Å². The Bertz CT molecular complexity index is 717. The molecule has 170 valence electrons. The molecule has 0 heterocycles. The standard InChI is InChI=1S/C19H29O10P/c1-3-4-5-7-15(21)12-16(22)13-17(29-30(26,27)28)19(2,25)11-10-14(20)8-6-9-18(23)24/h3-7,9-11,14,16-17,20,22,25H,8,12-13H2,1-2H3,(H,23,24)(H2,26,27,28). The lowest BCUT2D eigenvalue weighted by Gasteiger charge is -2.31. The third-order valence-electron chi connectivity index (χ3n) is 3.72. The Balaban J connectivity index is 5.24. The van der Waals surface area contributed by atoms with E-state index in [0.29, 0.717) is 0 Å². The van der Waals surface area contributed by atoms with Crippen molar-refractivity contribution in [2.75, 3.05) is 0 Å². The Morgan fingerprint density at radius 2 is 1.80 bits per heavy atom. The van der Waals surface area contributed by atoms with Crippen molar-refractivity contribution in [1.29, 1.82) is 0 Å². The van der Waals surface area contributed by atoms with Crippen LogP contribution in [0.4, 0.5) is 0 Å². The molecule has 0 aliphatic carbocycles. The lowest BCUT2D eigenvalue weighted by Crippen LogP contribution is -2.41. The van der Waals surface area contributed by atoms with Crippen molar-refractivity contribution in [3.8, 4) is 0 Å². The summed E-state index contributed by atoms with van der Waals surface area (Å²) in [4.78, 5) is 40.4. The first-order valence-electron chi connectivity index (χ1n) is 9.00. The van der Waals surface area contributed by atoms with Gasteiger partial charge in [0, 0.05) is 18.9 Å². The number of carbonyl (C=O) groups is 2. The molecule has 4 unspecified atom stereocenters. The van der Waals surface area contributed by atoms with Crippen molar-refractivity contribution in [1.82, 2.24) is 0 Å². The van der Waals surface area contributed by atoms with E-state index in [9.17, 15) is 29.5 Å². The van der Waals surface area contributed by atoms with Gasteiger partial charge in [-0.25, -0.2) is 9.36 Å². The molecule has 11 heteroatoms. The first-order chi connectivity index (χ1) is 13.8. The Morgan fingerprint density at radius 1 is 1.17 bits per heavy atom. The van der Waals surface area contributed by atoms with Gasteiger partial charge >= 0.3 is 13.8 Å². The van der Waals surface area contributed by atoms with Crippen LogP contribution in [0.1, 0.15) is 33.1 Å². The predicted octanol–water partition coefficient (Wildman–Crippen LogP) is 1.01. The van der Waals surface area contributed by atoms with E-state index in [1.54, 1.807) is 19.1 Å². The fourth-order valence-corrected chi connectivity index (χ4v) is 2.89. The largest absolute Gasteiger partial charge is 0.478 e.